The summed E-state index contributed by atoms with van der Waals surface area (Å²) in [6, 6.07) is 10.5. The topological polar surface area (TPSA) is 9.23 Å². The molecule has 0 fully saturated rings. The summed E-state index contributed by atoms with van der Waals surface area (Å²) < 4.78 is 5.48. The molecule has 1 rings (SSSR count). The minimum Gasteiger partial charge on any atom is -0.505 e. The number of benzene rings is 1. The second-order valence-electron chi connectivity index (χ2n) is 6.02. The van der Waals surface area contributed by atoms with Crippen LogP contribution in [0.3, 0.4) is 0 Å². The van der Waals surface area contributed by atoms with Crippen LogP contribution >= 0.6 is 0 Å². The van der Waals surface area contributed by atoms with Gasteiger partial charge in [0.1, 0.15) is 0 Å². The molecular weight excluding hydrogens is 236 g/mol. The summed E-state index contributed by atoms with van der Waals surface area (Å²) in [4.78, 5) is 0. The molecule has 1 aromatic rings. The molecule has 0 bridgehead atoms. The van der Waals surface area contributed by atoms with Crippen molar-refractivity contribution >= 4 is 9.04 Å². The standard InChI is InChI=1S/C16H24OSi/c1-16(2,3)15(11-12-17-18(4)5)13-14-9-7-6-8-10-14/h6-10,15,18H,13H2,1-5H3/t15-/m0/s1. The van der Waals surface area contributed by atoms with Gasteiger partial charge < -0.3 is 4.43 Å². The Hall–Kier alpha value is -1.20. The molecular formula is C16H24OSi. The lowest BCUT2D eigenvalue weighted by atomic mass is 9.78. The lowest BCUT2D eigenvalue weighted by Gasteiger charge is -2.26. The highest BCUT2D eigenvalue weighted by molar-refractivity contribution is 6.48. The molecule has 0 aliphatic rings. The lowest BCUT2D eigenvalue weighted by molar-refractivity contribution is 0.300. The van der Waals surface area contributed by atoms with E-state index in [1.54, 1.807) is 0 Å². The zero-order chi connectivity index (χ0) is 13.6. The Morgan fingerprint density at radius 1 is 1.17 bits per heavy atom. The molecule has 0 saturated carbocycles. The van der Waals surface area contributed by atoms with Gasteiger partial charge in [0.05, 0.1) is 6.11 Å². The second-order valence-corrected chi connectivity index (χ2v) is 8.35. The minimum absolute atomic E-state index is 0.171. The van der Waals surface area contributed by atoms with Crippen LogP contribution in [0.25, 0.3) is 0 Å². The maximum atomic E-state index is 5.48. The summed E-state index contributed by atoms with van der Waals surface area (Å²) in [5.41, 5.74) is 1.51. The van der Waals surface area contributed by atoms with E-state index in [1.807, 2.05) is 0 Å². The first-order valence-electron chi connectivity index (χ1n) is 6.59. The molecule has 0 aliphatic carbocycles. The van der Waals surface area contributed by atoms with Crippen molar-refractivity contribution in [1.29, 1.82) is 0 Å². The summed E-state index contributed by atoms with van der Waals surface area (Å²) in [7, 11) is -1.04. The minimum atomic E-state index is -1.04. The van der Waals surface area contributed by atoms with Gasteiger partial charge in [0, 0.05) is 5.92 Å². The quantitative estimate of drug-likeness (QED) is 0.592. The van der Waals surface area contributed by atoms with Crippen LogP contribution in [0.4, 0.5) is 0 Å². The van der Waals surface area contributed by atoms with Crippen LogP contribution in [-0.2, 0) is 10.8 Å². The Balaban J connectivity index is 2.76. The Kier molecular flexibility index (Phi) is 5.49. The summed E-state index contributed by atoms with van der Waals surface area (Å²) >= 11 is 0. The molecule has 2 heteroatoms. The van der Waals surface area contributed by atoms with Crippen LogP contribution in [0, 0.1) is 23.4 Å². The van der Waals surface area contributed by atoms with Crippen molar-refractivity contribution in [2.45, 2.75) is 40.3 Å². The number of hydrogen-bond acceptors (Lipinski definition) is 1. The van der Waals surface area contributed by atoms with E-state index in [0.717, 1.165) is 6.42 Å². The van der Waals surface area contributed by atoms with Crippen molar-refractivity contribution in [3.8, 4) is 12.0 Å². The van der Waals surface area contributed by atoms with E-state index >= 15 is 0 Å². The molecule has 0 heterocycles. The molecule has 1 nitrogen and oxygen atoms in total. The number of rotatable bonds is 3. The van der Waals surface area contributed by atoms with E-state index in [9.17, 15) is 0 Å². The highest BCUT2D eigenvalue weighted by Crippen LogP contribution is 2.28. The Bertz CT molecular complexity index is 406. The van der Waals surface area contributed by atoms with Gasteiger partial charge in [-0.25, -0.2) is 0 Å². The molecule has 0 aromatic heterocycles. The van der Waals surface area contributed by atoms with E-state index in [4.69, 9.17) is 4.43 Å². The molecule has 0 saturated heterocycles. The van der Waals surface area contributed by atoms with Crippen molar-refractivity contribution in [1.82, 2.24) is 0 Å². The maximum Gasteiger partial charge on any atom is 0.244 e. The molecule has 0 radical (unpaired) electrons. The Labute approximate surface area is 113 Å². The average Bonchev–Trinajstić information content (AvgIpc) is 2.27. The zero-order valence-corrected chi connectivity index (χ0v) is 13.3. The van der Waals surface area contributed by atoms with Crippen molar-refractivity contribution in [2.24, 2.45) is 11.3 Å². The van der Waals surface area contributed by atoms with E-state index in [2.05, 4.69) is 76.2 Å². The SMILES string of the molecule is C[SiH](C)OC#C[C@@H](Cc1ccccc1)C(C)(C)C. The first-order chi connectivity index (χ1) is 8.39. The molecule has 0 aliphatic heterocycles. The molecule has 0 unspecified atom stereocenters. The van der Waals surface area contributed by atoms with Crippen molar-refractivity contribution in [3.63, 3.8) is 0 Å². The first kappa shape index (κ1) is 14.9. The van der Waals surface area contributed by atoms with Crippen molar-refractivity contribution < 1.29 is 4.43 Å². The summed E-state index contributed by atoms with van der Waals surface area (Å²) in [6.45, 7) is 11.0. The fourth-order valence-electron chi connectivity index (χ4n) is 1.65. The molecule has 0 N–H and O–H groups in total. The van der Waals surface area contributed by atoms with Crippen molar-refractivity contribution in [3.05, 3.63) is 35.9 Å². The zero-order valence-electron chi connectivity index (χ0n) is 12.2. The third kappa shape index (κ3) is 5.42. The molecule has 1 aromatic carbocycles. The van der Waals surface area contributed by atoms with Gasteiger partial charge in [-0.2, -0.15) is 0 Å². The van der Waals surface area contributed by atoms with Crippen molar-refractivity contribution in [2.75, 3.05) is 0 Å². The van der Waals surface area contributed by atoms with Crippen LogP contribution in [-0.4, -0.2) is 9.04 Å². The highest BCUT2D eigenvalue weighted by atomic mass is 28.3. The maximum absolute atomic E-state index is 5.48. The molecule has 0 amide bonds. The van der Waals surface area contributed by atoms with Gasteiger partial charge in [-0.1, -0.05) is 57.0 Å². The summed E-state index contributed by atoms with van der Waals surface area (Å²) in [5, 5.41) is 0. The predicted molar refractivity (Wildman–Crippen MR) is 80.8 cm³/mol. The summed E-state index contributed by atoms with van der Waals surface area (Å²) in [5.74, 6) is 3.63. The van der Waals surface area contributed by atoms with Crippen LogP contribution in [0.5, 0.6) is 0 Å². The van der Waals surface area contributed by atoms with Crippen LogP contribution in [0.2, 0.25) is 13.1 Å². The summed E-state index contributed by atoms with van der Waals surface area (Å²) in [6.07, 6.45) is 3.91. The normalized spacial score (nSPS) is 12.8. The van der Waals surface area contributed by atoms with Gasteiger partial charge >= 0.3 is 0 Å². The fourth-order valence-corrected chi connectivity index (χ4v) is 1.95. The van der Waals surface area contributed by atoms with Crippen LogP contribution in [0.1, 0.15) is 26.3 Å². The Morgan fingerprint density at radius 2 is 1.78 bits per heavy atom. The fraction of sp³-hybridized carbons (Fsp3) is 0.500. The smallest absolute Gasteiger partial charge is 0.244 e. The Morgan fingerprint density at radius 3 is 2.28 bits per heavy atom. The molecule has 1 atom stereocenters. The van der Waals surface area contributed by atoms with E-state index in [1.165, 1.54) is 5.56 Å². The van der Waals surface area contributed by atoms with Gasteiger partial charge in [-0.3, -0.25) is 0 Å². The molecule has 0 spiro atoms. The average molecular weight is 260 g/mol. The first-order valence-corrected chi connectivity index (χ1v) is 9.38. The van der Waals surface area contributed by atoms with E-state index < -0.39 is 9.04 Å². The lowest BCUT2D eigenvalue weighted by Crippen LogP contribution is -2.21. The van der Waals surface area contributed by atoms with E-state index in [-0.39, 0.29) is 5.41 Å². The van der Waals surface area contributed by atoms with Gasteiger partial charge in [0.15, 0.2) is 0 Å². The third-order valence-corrected chi connectivity index (χ3v) is 3.45. The molecule has 18 heavy (non-hydrogen) atoms. The second kappa shape index (κ2) is 6.66. The highest BCUT2D eigenvalue weighted by Gasteiger charge is 2.23. The third-order valence-electron chi connectivity index (χ3n) is 2.86. The van der Waals surface area contributed by atoms with Gasteiger partial charge in [0.2, 0.25) is 9.04 Å². The van der Waals surface area contributed by atoms with Gasteiger partial charge in [-0.15, -0.1) is 0 Å². The van der Waals surface area contributed by atoms with Gasteiger partial charge in [0.25, 0.3) is 0 Å². The van der Waals surface area contributed by atoms with Gasteiger partial charge in [-0.05, 0) is 30.5 Å². The largest absolute Gasteiger partial charge is 0.505 e. The van der Waals surface area contributed by atoms with Crippen LogP contribution < -0.4 is 0 Å². The monoisotopic (exact) mass is 260 g/mol. The van der Waals surface area contributed by atoms with E-state index in [0.29, 0.717) is 5.92 Å². The predicted octanol–water partition coefficient (Wildman–Crippen LogP) is 3.85. The molecule has 98 valence electrons. The van der Waals surface area contributed by atoms with Crippen LogP contribution in [0.15, 0.2) is 30.3 Å². The number of hydrogen-bond donors (Lipinski definition) is 0.